The first kappa shape index (κ1) is 15.4. The van der Waals surface area contributed by atoms with Gasteiger partial charge in [-0.25, -0.2) is 14.6 Å². The number of para-hydroxylation sites is 1. The highest BCUT2D eigenvalue weighted by atomic mass is 32.2. The van der Waals surface area contributed by atoms with Crippen LogP contribution in [0, 0.1) is 0 Å². The number of aromatic nitrogens is 4. The van der Waals surface area contributed by atoms with E-state index in [1.807, 2.05) is 41.5 Å². The van der Waals surface area contributed by atoms with Gasteiger partial charge in [0.15, 0.2) is 5.16 Å². The fourth-order valence-corrected chi connectivity index (χ4v) is 3.37. The first-order chi connectivity index (χ1) is 11.8. The average Bonchev–Trinajstić information content (AvgIpc) is 3.10. The molecular formula is C18H19N5S. The Hall–Kier alpha value is -2.18. The molecule has 1 aliphatic heterocycles. The van der Waals surface area contributed by atoms with Crippen molar-refractivity contribution in [2.45, 2.75) is 24.7 Å². The lowest BCUT2D eigenvalue weighted by atomic mass is 10.1. The highest BCUT2D eigenvalue weighted by Crippen LogP contribution is 2.20. The third-order valence-corrected chi connectivity index (χ3v) is 4.80. The molecule has 5 nitrogen and oxygen atoms in total. The minimum absolute atomic E-state index is 0.867. The third-order valence-electron chi connectivity index (χ3n) is 4.24. The second-order valence-electron chi connectivity index (χ2n) is 5.92. The van der Waals surface area contributed by atoms with Crippen LogP contribution in [0.3, 0.4) is 0 Å². The Labute approximate surface area is 145 Å². The van der Waals surface area contributed by atoms with Crippen molar-refractivity contribution in [3.8, 4) is 5.69 Å². The minimum atomic E-state index is 0.867. The summed E-state index contributed by atoms with van der Waals surface area (Å²) in [6, 6.07) is 10.2. The Balaban J connectivity index is 1.46. The lowest BCUT2D eigenvalue weighted by Gasteiger charge is -2.27. The highest BCUT2D eigenvalue weighted by Gasteiger charge is 2.19. The fourth-order valence-electron chi connectivity index (χ4n) is 3.01. The average molecular weight is 337 g/mol. The van der Waals surface area contributed by atoms with Gasteiger partial charge in [-0.1, -0.05) is 30.0 Å². The smallest absolute Gasteiger partial charge is 0.187 e. The molecule has 3 aromatic rings. The fraction of sp³-hybridized carbons (Fsp3) is 0.278. The number of fused-ring (bicyclic) bond motifs is 1. The largest absolute Gasteiger partial charge is 0.294 e. The Bertz CT molecular complexity index is 830. The van der Waals surface area contributed by atoms with E-state index in [9.17, 15) is 0 Å². The van der Waals surface area contributed by atoms with Crippen molar-refractivity contribution in [1.82, 2.24) is 24.6 Å². The van der Waals surface area contributed by atoms with Crippen LogP contribution in [0.5, 0.6) is 0 Å². The Morgan fingerprint density at radius 1 is 1.17 bits per heavy atom. The van der Waals surface area contributed by atoms with Crippen LogP contribution >= 0.6 is 11.8 Å². The zero-order chi connectivity index (χ0) is 16.4. The number of hydrogen-bond acceptors (Lipinski definition) is 5. The van der Waals surface area contributed by atoms with Crippen LogP contribution in [0.4, 0.5) is 0 Å². The molecule has 0 N–H and O–H groups in total. The molecule has 4 rings (SSSR count). The summed E-state index contributed by atoms with van der Waals surface area (Å²) in [5.74, 6) is 0. The Morgan fingerprint density at radius 3 is 2.88 bits per heavy atom. The van der Waals surface area contributed by atoms with Crippen LogP contribution in [-0.2, 0) is 19.5 Å². The standard InChI is InChI=1S/C18H19N5S/c1-24-18-19-10-15-13-22(8-7-17(15)21-18)11-14-9-20-23(12-14)16-5-3-2-4-6-16/h2-6,9-10,12H,7-8,11,13H2,1H3. The second-order valence-corrected chi connectivity index (χ2v) is 6.69. The van der Waals surface area contributed by atoms with Crippen LogP contribution in [0.1, 0.15) is 16.8 Å². The maximum Gasteiger partial charge on any atom is 0.187 e. The summed E-state index contributed by atoms with van der Waals surface area (Å²) in [7, 11) is 0. The normalized spacial score (nSPS) is 14.5. The summed E-state index contributed by atoms with van der Waals surface area (Å²) in [4.78, 5) is 11.5. The first-order valence-corrected chi connectivity index (χ1v) is 9.24. The van der Waals surface area contributed by atoms with Gasteiger partial charge in [0, 0.05) is 49.6 Å². The maximum atomic E-state index is 4.63. The molecule has 1 aliphatic rings. The Morgan fingerprint density at radius 2 is 2.04 bits per heavy atom. The molecule has 0 radical (unpaired) electrons. The number of thioether (sulfide) groups is 1. The molecule has 0 aliphatic carbocycles. The summed E-state index contributed by atoms with van der Waals surface area (Å²) in [5.41, 5.74) is 4.76. The van der Waals surface area contributed by atoms with E-state index in [-0.39, 0.29) is 0 Å². The van der Waals surface area contributed by atoms with Gasteiger partial charge >= 0.3 is 0 Å². The molecule has 0 atom stereocenters. The molecule has 3 heterocycles. The van der Waals surface area contributed by atoms with Crippen molar-refractivity contribution in [1.29, 1.82) is 0 Å². The van der Waals surface area contributed by atoms with Gasteiger partial charge in [-0.3, -0.25) is 4.90 Å². The van der Waals surface area contributed by atoms with Gasteiger partial charge in [0.2, 0.25) is 0 Å². The highest BCUT2D eigenvalue weighted by molar-refractivity contribution is 7.98. The van der Waals surface area contributed by atoms with Crippen LogP contribution in [0.2, 0.25) is 0 Å². The van der Waals surface area contributed by atoms with Gasteiger partial charge < -0.3 is 0 Å². The molecule has 0 fully saturated rings. The molecule has 2 aromatic heterocycles. The molecule has 0 saturated heterocycles. The van der Waals surface area contributed by atoms with Crippen LogP contribution in [-0.4, -0.2) is 37.4 Å². The van der Waals surface area contributed by atoms with E-state index in [2.05, 4.69) is 38.3 Å². The van der Waals surface area contributed by atoms with E-state index in [1.54, 1.807) is 11.8 Å². The zero-order valence-electron chi connectivity index (χ0n) is 13.6. The van der Waals surface area contributed by atoms with E-state index >= 15 is 0 Å². The van der Waals surface area contributed by atoms with Crippen molar-refractivity contribution in [2.24, 2.45) is 0 Å². The van der Waals surface area contributed by atoms with Gasteiger partial charge in [-0.2, -0.15) is 5.10 Å². The van der Waals surface area contributed by atoms with E-state index in [4.69, 9.17) is 0 Å². The molecule has 0 saturated carbocycles. The van der Waals surface area contributed by atoms with Crippen LogP contribution in [0.25, 0.3) is 5.69 Å². The summed E-state index contributed by atoms with van der Waals surface area (Å²) in [5, 5.41) is 5.35. The Kier molecular flexibility index (Phi) is 4.32. The number of rotatable bonds is 4. The molecule has 24 heavy (non-hydrogen) atoms. The monoisotopic (exact) mass is 337 g/mol. The van der Waals surface area contributed by atoms with Crippen molar-refractivity contribution in [3.05, 3.63) is 65.7 Å². The number of nitrogens with zero attached hydrogens (tertiary/aromatic N) is 5. The molecule has 0 spiro atoms. The topological polar surface area (TPSA) is 46.8 Å². The number of benzene rings is 1. The van der Waals surface area contributed by atoms with Crippen LogP contribution in [0.15, 0.2) is 54.1 Å². The molecule has 122 valence electrons. The summed E-state index contributed by atoms with van der Waals surface area (Å²) < 4.78 is 1.93. The number of hydrogen-bond donors (Lipinski definition) is 0. The predicted molar refractivity (Wildman–Crippen MR) is 95.2 cm³/mol. The van der Waals surface area contributed by atoms with Crippen molar-refractivity contribution >= 4 is 11.8 Å². The van der Waals surface area contributed by atoms with Gasteiger partial charge in [0.25, 0.3) is 0 Å². The third kappa shape index (κ3) is 3.20. The zero-order valence-corrected chi connectivity index (χ0v) is 14.4. The second kappa shape index (κ2) is 6.75. The summed E-state index contributed by atoms with van der Waals surface area (Å²) >= 11 is 1.60. The maximum absolute atomic E-state index is 4.63. The van der Waals surface area contributed by atoms with Crippen molar-refractivity contribution < 1.29 is 0 Å². The lowest BCUT2D eigenvalue weighted by Crippen LogP contribution is -2.30. The molecule has 0 amide bonds. The molecular weight excluding hydrogens is 318 g/mol. The van der Waals surface area contributed by atoms with E-state index in [1.165, 1.54) is 16.8 Å². The van der Waals surface area contributed by atoms with Crippen molar-refractivity contribution in [2.75, 3.05) is 12.8 Å². The molecule has 0 unspecified atom stereocenters. The first-order valence-electron chi connectivity index (χ1n) is 8.02. The quantitative estimate of drug-likeness (QED) is 0.541. The molecule has 1 aromatic carbocycles. The predicted octanol–water partition coefficient (Wildman–Crippen LogP) is 2.94. The SMILES string of the molecule is CSc1ncc2c(n1)CCN(Cc1cnn(-c3ccccc3)c1)C2. The van der Waals surface area contributed by atoms with E-state index < -0.39 is 0 Å². The van der Waals surface area contributed by atoms with Gasteiger partial charge in [-0.15, -0.1) is 0 Å². The lowest BCUT2D eigenvalue weighted by molar-refractivity contribution is 0.242. The molecule has 0 bridgehead atoms. The summed E-state index contributed by atoms with van der Waals surface area (Å²) in [6.45, 7) is 2.82. The minimum Gasteiger partial charge on any atom is -0.294 e. The van der Waals surface area contributed by atoms with Crippen LogP contribution < -0.4 is 0 Å². The van der Waals surface area contributed by atoms with E-state index in [0.29, 0.717) is 0 Å². The van der Waals surface area contributed by atoms with Gasteiger partial charge in [0.1, 0.15) is 0 Å². The molecule has 6 heteroatoms. The van der Waals surface area contributed by atoms with Gasteiger partial charge in [0.05, 0.1) is 17.6 Å². The van der Waals surface area contributed by atoms with Crippen molar-refractivity contribution in [3.63, 3.8) is 0 Å². The van der Waals surface area contributed by atoms with E-state index in [0.717, 1.165) is 36.9 Å². The summed E-state index contributed by atoms with van der Waals surface area (Å²) in [6.07, 6.45) is 9.04. The van der Waals surface area contributed by atoms with Gasteiger partial charge in [-0.05, 0) is 18.4 Å².